The van der Waals surface area contributed by atoms with Gasteiger partial charge in [0.05, 0.1) is 23.0 Å². The van der Waals surface area contributed by atoms with Crippen molar-refractivity contribution >= 4 is 16.7 Å². The van der Waals surface area contributed by atoms with Crippen molar-refractivity contribution in [3.05, 3.63) is 71.6 Å². The molecule has 2 N–H and O–H groups in total. The van der Waals surface area contributed by atoms with Gasteiger partial charge in [-0.2, -0.15) is 0 Å². The van der Waals surface area contributed by atoms with Gasteiger partial charge in [-0.15, -0.1) is 0 Å². The van der Waals surface area contributed by atoms with Crippen molar-refractivity contribution < 1.29 is 29.6 Å². The number of hydrogen-bond donors (Lipinski definition) is 1. The van der Waals surface area contributed by atoms with Crippen molar-refractivity contribution in [1.82, 2.24) is 0 Å². The van der Waals surface area contributed by atoms with E-state index in [2.05, 4.69) is 0 Å². The van der Waals surface area contributed by atoms with E-state index in [1.165, 1.54) is 0 Å². The molecule has 19 heavy (non-hydrogen) atoms. The first-order valence-corrected chi connectivity index (χ1v) is 5.90. The summed E-state index contributed by atoms with van der Waals surface area (Å²) >= 11 is 0. The maximum Gasteiger partial charge on any atom is 0.230 e. The van der Waals surface area contributed by atoms with E-state index in [4.69, 9.17) is 20.6 Å². The van der Waals surface area contributed by atoms with Gasteiger partial charge in [-0.05, 0) is 11.1 Å². The van der Waals surface area contributed by atoms with Gasteiger partial charge in [0.25, 0.3) is 0 Å². The highest BCUT2D eigenvalue weighted by Crippen LogP contribution is 2.27. The molecule has 0 aliphatic carbocycles. The molecule has 1 atom stereocenters. The normalized spacial score (nSPS) is 24.5. The summed E-state index contributed by atoms with van der Waals surface area (Å²) in [6.45, 7) is 0. The third kappa shape index (κ3) is 3.51. The summed E-state index contributed by atoms with van der Waals surface area (Å²) in [5.74, 6) is -2.08. The van der Waals surface area contributed by atoms with Crippen LogP contribution in [-0.2, 0) is 15.6 Å². The first-order chi connectivity index (χ1) is 15.4. The standard InChI is InChI=1S/C15H15NO2S/c16-14(17)11-19(18)15(12-7-3-1-4-8-12)13-9-5-2-6-10-13/h1-10,15H,11H2,(H2,16,17)/i1D,2D,3D,4D,5D,6D,7D,8D,9D,10D,11D2,15D/hD2. The van der Waals surface area contributed by atoms with E-state index in [1.54, 1.807) is 0 Å². The van der Waals surface area contributed by atoms with Crippen LogP contribution in [0.15, 0.2) is 60.4 Å². The maximum absolute atomic E-state index is 13.5. The lowest BCUT2D eigenvalue weighted by Crippen LogP contribution is -2.23. The van der Waals surface area contributed by atoms with Crippen molar-refractivity contribution in [2.45, 2.75) is 5.23 Å². The summed E-state index contributed by atoms with van der Waals surface area (Å²) in [4.78, 5) is 12.1. The Bertz CT molecular complexity index is 1100. The van der Waals surface area contributed by atoms with Gasteiger partial charge in [0.2, 0.25) is 5.91 Å². The van der Waals surface area contributed by atoms with Gasteiger partial charge in [0, 0.05) is 10.8 Å². The van der Waals surface area contributed by atoms with Crippen LogP contribution < -0.4 is 5.72 Å². The van der Waals surface area contributed by atoms with E-state index >= 15 is 0 Å². The van der Waals surface area contributed by atoms with E-state index in [9.17, 15) is 9.00 Å². The highest BCUT2D eigenvalue weighted by atomic mass is 32.2. The van der Waals surface area contributed by atoms with Crippen LogP contribution in [-0.4, -0.2) is 15.8 Å². The zero-order valence-electron chi connectivity index (χ0n) is 24.2. The molecule has 0 radical (unpaired) electrons. The Kier molecular flexibility index (Phi) is 1.33. The Morgan fingerprint density at radius 3 is 2.11 bits per heavy atom. The molecule has 1 unspecified atom stereocenters. The van der Waals surface area contributed by atoms with E-state index in [0.29, 0.717) is 0 Å². The number of nitrogens with two attached hydrogens (primary N) is 1. The average molecular weight is 288 g/mol. The Hall–Kier alpha value is -1.94. The molecule has 4 heteroatoms. The number of amides is 1. The molecule has 2 aromatic carbocycles. The molecule has 0 fully saturated rings. The predicted molar refractivity (Wildman–Crippen MR) is 76.9 cm³/mol. The molecule has 0 saturated heterocycles. The topological polar surface area (TPSA) is 60.2 Å². The lowest BCUT2D eigenvalue weighted by atomic mass is 10.0. The summed E-state index contributed by atoms with van der Waals surface area (Å²) in [5, 5.41) is -3.56. The van der Waals surface area contributed by atoms with Crippen LogP contribution in [0.4, 0.5) is 0 Å². The Morgan fingerprint density at radius 2 is 1.68 bits per heavy atom. The maximum atomic E-state index is 13.5. The number of rotatable bonds is 5. The highest BCUT2D eigenvalue weighted by Gasteiger charge is 2.22. The third-order valence-corrected chi connectivity index (χ3v) is 2.96. The van der Waals surface area contributed by atoms with E-state index in [-0.39, 0.29) is 0 Å². The summed E-state index contributed by atoms with van der Waals surface area (Å²) in [5.41, 5.74) is -7.05. The fourth-order valence-corrected chi connectivity index (χ4v) is 2.00. The fraction of sp³-hybridized carbons (Fsp3) is 0.133. The number of carbonyl (C=O) groups excluding carboxylic acids is 1. The second kappa shape index (κ2) is 6.29. The molecule has 1 amide bonds. The molecule has 2 aromatic rings. The van der Waals surface area contributed by atoms with Crippen molar-refractivity contribution in [2.75, 3.05) is 5.70 Å². The van der Waals surface area contributed by atoms with Gasteiger partial charge < -0.3 is 5.72 Å². The van der Waals surface area contributed by atoms with Gasteiger partial charge in [0.15, 0.2) is 2.82 Å². The number of primary amides is 1. The van der Waals surface area contributed by atoms with Crippen LogP contribution in [0.25, 0.3) is 0 Å². The molecule has 0 aromatic heterocycles. The van der Waals surface area contributed by atoms with Gasteiger partial charge in [-0.3, -0.25) is 9.00 Å². The highest BCUT2D eigenvalue weighted by molar-refractivity contribution is 7.86. The van der Waals surface area contributed by atoms with Crippen LogP contribution in [0.2, 0.25) is 2.82 Å². The van der Waals surface area contributed by atoms with Crippen molar-refractivity contribution in [1.29, 1.82) is 0 Å². The van der Waals surface area contributed by atoms with Crippen LogP contribution >= 0.6 is 0 Å². The molecule has 0 aliphatic heterocycles. The van der Waals surface area contributed by atoms with E-state index in [0.717, 1.165) is 0 Å². The molecule has 0 bridgehead atoms. The second-order valence-corrected chi connectivity index (χ2v) is 4.15. The van der Waals surface area contributed by atoms with E-state index in [1.807, 2.05) is 0 Å². The quantitative estimate of drug-likeness (QED) is 0.915. The summed E-state index contributed by atoms with van der Waals surface area (Å²) < 4.78 is 132. The Balaban J connectivity index is 3.22. The summed E-state index contributed by atoms with van der Waals surface area (Å²) in [7, 11) is -3.74. The SMILES string of the molecule is [2H]c1c([2H])c([2H])c(C([2H])(c2c([2H])c([2H])c([2H])c([2H])c2[2H])S(=O)C([2H])([2H])C(=O)N([2H])[2H])c([2H])c1[2H]. The van der Waals surface area contributed by atoms with Crippen LogP contribution in [0.3, 0.4) is 0 Å². The Morgan fingerprint density at radius 1 is 1.21 bits per heavy atom. The molecule has 98 valence electrons. The molecule has 0 saturated carbocycles. The minimum atomic E-state index is -3.81. The van der Waals surface area contributed by atoms with Crippen molar-refractivity contribution in [2.24, 2.45) is 5.72 Å². The molecular formula is C15H15NO2S. The van der Waals surface area contributed by atoms with E-state index < -0.39 is 105 Å². The minimum absolute atomic E-state index is 0.789. The number of hydrogen-bond acceptors (Lipinski definition) is 2. The van der Waals surface area contributed by atoms with Crippen molar-refractivity contribution in [3.63, 3.8) is 0 Å². The molecular weight excluding hydrogens is 258 g/mol. The third-order valence-electron chi connectivity index (χ3n) is 1.82. The average Bonchev–Trinajstić information content (AvgIpc) is 2.77. The zero-order valence-corrected chi connectivity index (χ0v) is 9.99. The van der Waals surface area contributed by atoms with Gasteiger partial charge >= 0.3 is 0 Å². The number of carbonyl (C=O) groups is 1. The molecule has 0 spiro atoms. The predicted octanol–water partition coefficient (Wildman–Crippen LogP) is 2.01. The minimum Gasteiger partial charge on any atom is -0.369 e. The molecule has 0 heterocycles. The van der Waals surface area contributed by atoms with Gasteiger partial charge in [-0.25, -0.2) is 0 Å². The monoisotopic (exact) mass is 288 g/mol. The van der Waals surface area contributed by atoms with Crippen LogP contribution in [0, 0.1) is 0 Å². The smallest absolute Gasteiger partial charge is 0.230 e. The second-order valence-electron chi connectivity index (χ2n) is 3.01. The fourth-order valence-electron chi connectivity index (χ4n) is 1.17. The lowest BCUT2D eigenvalue weighted by Gasteiger charge is -2.16. The zero-order chi connectivity index (χ0) is 26.7. The van der Waals surface area contributed by atoms with Crippen LogP contribution in [0.5, 0.6) is 0 Å². The summed E-state index contributed by atoms with van der Waals surface area (Å²) in [6, 6.07) is -10.9. The molecule has 0 aliphatic rings. The van der Waals surface area contributed by atoms with Gasteiger partial charge in [0.1, 0.15) is 5.70 Å². The summed E-state index contributed by atoms with van der Waals surface area (Å²) in [6.07, 6.45) is 0. The van der Waals surface area contributed by atoms with Gasteiger partial charge in [-0.1, -0.05) is 60.4 Å². The van der Waals surface area contributed by atoms with Crippen molar-refractivity contribution in [3.8, 4) is 0 Å². The number of benzene rings is 2. The first kappa shape index (κ1) is 4.03. The first-order valence-electron chi connectivity index (χ1n) is 12.1. The lowest BCUT2D eigenvalue weighted by molar-refractivity contribution is -0.115. The Labute approximate surface area is 136 Å². The largest absolute Gasteiger partial charge is 0.369 e. The van der Waals surface area contributed by atoms with Crippen LogP contribution in [0.1, 0.15) is 34.2 Å². The molecule has 3 nitrogen and oxygen atoms in total. The molecule has 2 rings (SSSR count).